The summed E-state index contributed by atoms with van der Waals surface area (Å²) in [5.41, 5.74) is 0. The molecule has 8 nitrogen and oxygen atoms in total. The van der Waals surface area contributed by atoms with Crippen LogP contribution < -0.4 is 5.32 Å². The van der Waals surface area contributed by atoms with Crippen LogP contribution in [0.2, 0.25) is 0 Å². The van der Waals surface area contributed by atoms with Crippen molar-refractivity contribution in [3.05, 3.63) is 20.8 Å². The van der Waals surface area contributed by atoms with E-state index in [4.69, 9.17) is 4.74 Å². The van der Waals surface area contributed by atoms with Gasteiger partial charge in [0.25, 0.3) is 5.91 Å². The molecule has 1 aliphatic heterocycles. The Morgan fingerprint density at radius 2 is 1.96 bits per heavy atom. The molecule has 0 radical (unpaired) electrons. The highest BCUT2D eigenvalue weighted by Crippen LogP contribution is 2.22. The van der Waals surface area contributed by atoms with Gasteiger partial charge in [0, 0.05) is 20.1 Å². The highest BCUT2D eigenvalue weighted by atomic mass is 79.9. The Balaban J connectivity index is 1.73. The van der Waals surface area contributed by atoms with Gasteiger partial charge in [-0.2, -0.15) is 0 Å². The van der Waals surface area contributed by atoms with Gasteiger partial charge in [0.2, 0.25) is 11.8 Å². The molecule has 0 saturated carbocycles. The molecule has 3 amide bonds. The van der Waals surface area contributed by atoms with E-state index in [1.807, 2.05) is 0 Å². The van der Waals surface area contributed by atoms with Crippen molar-refractivity contribution < 1.29 is 23.9 Å². The lowest BCUT2D eigenvalue weighted by atomic mass is 9.97. The normalized spacial score (nSPS) is 14.5. The van der Waals surface area contributed by atoms with E-state index in [0.717, 1.165) is 3.79 Å². The topological polar surface area (TPSA) is 96.0 Å². The number of piperidine rings is 1. The lowest BCUT2D eigenvalue weighted by Gasteiger charge is -2.32. The smallest absolute Gasteiger partial charge is 0.309 e. The van der Waals surface area contributed by atoms with Crippen molar-refractivity contribution in [1.29, 1.82) is 0 Å². The predicted octanol–water partition coefficient (Wildman–Crippen LogP) is 1.50. The summed E-state index contributed by atoms with van der Waals surface area (Å²) < 4.78 is 5.85. The minimum Gasteiger partial charge on any atom is -0.466 e. The maximum atomic E-state index is 12.4. The highest BCUT2D eigenvalue weighted by molar-refractivity contribution is 9.11. The molecule has 1 fully saturated rings. The zero-order valence-corrected chi connectivity index (χ0v) is 18.3. The first-order valence-electron chi connectivity index (χ1n) is 9.03. The molecule has 0 aromatic carbocycles. The Hall–Kier alpha value is -1.94. The molecule has 0 spiro atoms. The van der Waals surface area contributed by atoms with Gasteiger partial charge in [-0.1, -0.05) is 0 Å². The van der Waals surface area contributed by atoms with Crippen LogP contribution in [0.15, 0.2) is 15.9 Å². The summed E-state index contributed by atoms with van der Waals surface area (Å²) in [4.78, 5) is 51.8. The van der Waals surface area contributed by atoms with Crippen molar-refractivity contribution in [2.45, 2.75) is 19.8 Å². The summed E-state index contributed by atoms with van der Waals surface area (Å²) in [7, 11) is 1.53. The standard InChI is InChI=1S/C18H24BrN3O5S/c1-3-27-18(26)12-6-8-22(9-7-12)16(24)11-21(2)15(23)10-20-17(25)13-4-5-14(19)28-13/h4-5,12H,3,6-11H2,1-2H3,(H,20,25). The number of nitrogens with zero attached hydrogens (tertiary/aromatic N) is 2. The Morgan fingerprint density at radius 1 is 1.29 bits per heavy atom. The molecule has 2 heterocycles. The number of amides is 3. The van der Waals surface area contributed by atoms with Gasteiger partial charge in [0.15, 0.2) is 0 Å². The van der Waals surface area contributed by atoms with Crippen LogP contribution in [0.4, 0.5) is 0 Å². The molecule has 2 rings (SSSR count). The number of carbonyl (C=O) groups excluding carboxylic acids is 4. The molecule has 1 aromatic rings. The van der Waals surface area contributed by atoms with E-state index in [2.05, 4.69) is 21.2 Å². The Kier molecular flexibility index (Phi) is 8.43. The fourth-order valence-corrected chi connectivity index (χ4v) is 4.13. The van der Waals surface area contributed by atoms with Crippen molar-refractivity contribution in [3.63, 3.8) is 0 Å². The third kappa shape index (κ3) is 6.30. The predicted molar refractivity (Wildman–Crippen MR) is 108 cm³/mol. The SMILES string of the molecule is CCOC(=O)C1CCN(C(=O)CN(C)C(=O)CNC(=O)c2ccc(Br)s2)CC1. The Morgan fingerprint density at radius 3 is 2.54 bits per heavy atom. The molecule has 1 saturated heterocycles. The highest BCUT2D eigenvalue weighted by Gasteiger charge is 2.29. The van der Waals surface area contributed by atoms with Crippen molar-refractivity contribution in [2.24, 2.45) is 5.92 Å². The average Bonchev–Trinajstić information content (AvgIpc) is 3.12. The van der Waals surface area contributed by atoms with E-state index < -0.39 is 0 Å². The second kappa shape index (κ2) is 10.6. The molecule has 0 aliphatic carbocycles. The number of likely N-dealkylation sites (N-methyl/N-ethyl adjacent to an activating group) is 1. The number of carbonyl (C=O) groups is 4. The second-order valence-corrected chi connectivity index (χ2v) is 8.91. The summed E-state index contributed by atoms with van der Waals surface area (Å²) in [6.07, 6.45) is 1.13. The number of hydrogen-bond donors (Lipinski definition) is 1. The van der Waals surface area contributed by atoms with Gasteiger partial charge in [-0.05, 0) is 47.8 Å². The number of thiophene rings is 1. The lowest BCUT2D eigenvalue weighted by molar-refractivity contribution is -0.151. The summed E-state index contributed by atoms with van der Waals surface area (Å²) in [6.45, 7) is 2.81. The van der Waals surface area contributed by atoms with Gasteiger partial charge in [0.05, 0.1) is 34.3 Å². The van der Waals surface area contributed by atoms with E-state index >= 15 is 0 Å². The first kappa shape index (κ1) is 22.4. The van der Waals surface area contributed by atoms with Crippen LogP contribution in [0.1, 0.15) is 29.4 Å². The van der Waals surface area contributed by atoms with E-state index in [1.54, 1.807) is 24.0 Å². The molecule has 154 valence electrons. The number of rotatable bonds is 7. The van der Waals surface area contributed by atoms with Gasteiger partial charge >= 0.3 is 5.97 Å². The van der Waals surface area contributed by atoms with E-state index in [-0.39, 0.29) is 42.7 Å². The van der Waals surface area contributed by atoms with Crippen LogP contribution in [0.25, 0.3) is 0 Å². The fourth-order valence-electron chi connectivity index (χ4n) is 2.83. The van der Waals surface area contributed by atoms with Gasteiger partial charge < -0.3 is 19.9 Å². The van der Waals surface area contributed by atoms with Crippen molar-refractivity contribution in [1.82, 2.24) is 15.1 Å². The summed E-state index contributed by atoms with van der Waals surface area (Å²) in [6, 6.07) is 3.43. The zero-order chi connectivity index (χ0) is 20.7. The molecular formula is C18H24BrN3O5S. The quantitative estimate of drug-likeness (QED) is 0.605. The first-order valence-corrected chi connectivity index (χ1v) is 10.6. The molecule has 1 aliphatic rings. The Bertz CT molecular complexity index is 731. The largest absolute Gasteiger partial charge is 0.466 e. The maximum absolute atomic E-state index is 12.4. The molecule has 1 N–H and O–H groups in total. The van der Waals surface area contributed by atoms with Crippen molar-refractivity contribution in [2.75, 3.05) is 39.8 Å². The fraction of sp³-hybridized carbons (Fsp3) is 0.556. The molecule has 10 heteroatoms. The minimum absolute atomic E-state index is 0.0661. The maximum Gasteiger partial charge on any atom is 0.309 e. The average molecular weight is 474 g/mol. The van der Waals surface area contributed by atoms with Crippen LogP contribution >= 0.6 is 27.3 Å². The number of nitrogens with one attached hydrogen (secondary N) is 1. The summed E-state index contributed by atoms with van der Waals surface area (Å²) in [5, 5.41) is 2.56. The molecule has 28 heavy (non-hydrogen) atoms. The van der Waals surface area contributed by atoms with Crippen LogP contribution in [0.3, 0.4) is 0 Å². The van der Waals surface area contributed by atoms with Crippen LogP contribution in [-0.2, 0) is 19.1 Å². The van der Waals surface area contributed by atoms with Gasteiger partial charge in [-0.25, -0.2) is 0 Å². The third-order valence-corrected chi connectivity index (χ3v) is 6.09. The van der Waals surface area contributed by atoms with E-state index in [0.29, 0.717) is 37.4 Å². The Labute approximate surface area is 176 Å². The summed E-state index contributed by atoms with van der Waals surface area (Å²) in [5.74, 6) is -1.23. The molecule has 0 bridgehead atoms. The zero-order valence-electron chi connectivity index (χ0n) is 15.9. The van der Waals surface area contributed by atoms with Gasteiger partial charge in [-0.15, -0.1) is 11.3 Å². The van der Waals surface area contributed by atoms with Crippen LogP contribution in [0, 0.1) is 5.92 Å². The molecule has 0 unspecified atom stereocenters. The molecule has 0 atom stereocenters. The van der Waals surface area contributed by atoms with Crippen molar-refractivity contribution >= 4 is 51.0 Å². The summed E-state index contributed by atoms with van der Waals surface area (Å²) >= 11 is 4.56. The number of likely N-dealkylation sites (tertiary alicyclic amines) is 1. The second-order valence-electron chi connectivity index (χ2n) is 6.44. The van der Waals surface area contributed by atoms with E-state index in [9.17, 15) is 19.2 Å². The first-order chi connectivity index (χ1) is 13.3. The van der Waals surface area contributed by atoms with Crippen LogP contribution in [0.5, 0.6) is 0 Å². The van der Waals surface area contributed by atoms with Gasteiger partial charge in [0.1, 0.15) is 0 Å². The third-order valence-electron chi connectivity index (χ3n) is 4.46. The number of ether oxygens (including phenoxy) is 1. The number of halogens is 1. The monoisotopic (exact) mass is 473 g/mol. The molecule has 1 aromatic heterocycles. The molecular weight excluding hydrogens is 450 g/mol. The number of esters is 1. The van der Waals surface area contributed by atoms with E-state index in [1.165, 1.54) is 23.3 Å². The van der Waals surface area contributed by atoms with Gasteiger partial charge in [-0.3, -0.25) is 19.2 Å². The minimum atomic E-state index is -0.348. The number of hydrogen-bond acceptors (Lipinski definition) is 6. The van der Waals surface area contributed by atoms with Crippen LogP contribution in [-0.4, -0.2) is 73.3 Å². The lowest BCUT2D eigenvalue weighted by Crippen LogP contribution is -2.47. The van der Waals surface area contributed by atoms with Crippen molar-refractivity contribution in [3.8, 4) is 0 Å².